The molecule has 1 aromatic heterocycles. The molecule has 2 aliphatic rings. The standard InChI is InChI=1S/C15H23N3OS/c1-3-12-17-11(2)13(20-12)14(19)18-8-5-15(6-9-18)4-7-16-10-15/h16H,3-10H2,1-2H3. The summed E-state index contributed by atoms with van der Waals surface area (Å²) in [6.45, 7) is 8.12. The Hall–Kier alpha value is -0.940. The highest BCUT2D eigenvalue weighted by Crippen LogP contribution is 2.37. The van der Waals surface area contributed by atoms with Gasteiger partial charge in [0.15, 0.2) is 0 Å². The number of carbonyl (C=O) groups excluding carboxylic acids is 1. The number of aromatic nitrogens is 1. The molecule has 1 N–H and O–H groups in total. The minimum atomic E-state index is 0.195. The summed E-state index contributed by atoms with van der Waals surface area (Å²) in [6, 6.07) is 0. The smallest absolute Gasteiger partial charge is 0.265 e. The first-order valence-electron chi connectivity index (χ1n) is 7.60. The predicted molar refractivity (Wildman–Crippen MR) is 81.3 cm³/mol. The zero-order chi connectivity index (χ0) is 14.2. The number of amides is 1. The van der Waals surface area contributed by atoms with E-state index in [0.29, 0.717) is 5.41 Å². The molecule has 3 rings (SSSR count). The maximum absolute atomic E-state index is 12.6. The zero-order valence-electron chi connectivity index (χ0n) is 12.4. The van der Waals surface area contributed by atoms with Gasteiger partial charge in [-0.1, -0.05) is 6.92 Å². The third kappa shape index (κ3) is 2.49. The number of hydrogen-bond acceptors (Lipinski definition) is 4. The van der Waals surface area contributed by atoms with Crippen LogP contribution in [0.1, 0.15) is 46.6 Å². The fraction of sp³-hybridized carbons (Fsp3) is 0.733. The van der Waals surface area contributed by atoms with Crippen LogP contribution in [0.15, 0.2) is 0 Å². The second-order valence-electron chi connectivity index (χ2n) is 6.09. The van der Waals surface area contributed by atoms with Crippen LogP contribution in [0.5, 0.6) is 0 Å². The first-order chi connectivity index (χ1) is 9.63. The van der Waals surface area contributed by atoms with Crippen molar-refractivity contribution in [2.75, 3.05) is 26.2 Å². The Morgan fingerprint density at radius 3 is 2.70 bits per heavy atom. The van der Waals surface area contributed by atoms with E-state index in [1.165, 1.54) is 6.42 Å². The van der Waals surface area contributed by atoms with Crippen molar-refractivity contribution in [2.45, 2.75) is 39.5 Å². The van der Waals surface area contributed by atoms with E-state index in [1.807, 2.05) is 11.8 Å². The monoisotopic (exact) mass is 293 g/mol. The minimum absolute atomic E-state index is 0.195. The number of hydrogen-bond donors (Lipinski definition) is 1. The van der Waals surface area contributed by atoms with Crippen molar-refractivity contribution in [1.82, 2.24) is 15.2 Å². The largest absolute Gasteiger partial charge is 0.338 e. The van der Waals surface area contributed by atoms with Crippen molar-refractivity contribution < 1.29 is 4.79 Å². The van der Waals surface area contributed by atoms with Gasteiger partial charge in [-0.05, 0) is 44.6 Å². The average molecular weight is 293 g/mol. The van der Waals surface area contributed by atoms with Gasteiger partial charge in [-0.25, -0.2) is 4.98 Å². The summed E-state index contributed by atoms with van der Waals surface area (Å²) in [5.74, 6) is 0.195. The second kappa shape index (κ2) is 5.45. The molecule has 0 saturated carbocycles. The van der Waals surface area contributed by atoms with E-state index in [1.54, 1.807) is 11.3 Å². The fourth-order valence-corrected chi connectivity index (χ4v) is 4.32. The number of nitrogens with zero attached hydrogens (tertiary/aromatic N) is 2. The van der Waals surface area contributed by atoms with Crippen molar-refractivity contribution >= 4 is 17.2 Å². The van der Waals surface area contributed by atoms with Crippen LogP contribution in [0.2, 0.25) is 0 Å². The molecule has 2 fully saturated rings. The maximum Gasteiger partial charge on any atom is 0.265 e. The second-order valence-corrected chi connectivity index (χ2v) is 7.18. The Morgan fingerprint density at radius 2 is 2.15 bits per heavy atom. The van der Waals surface area contributed by atoms with Crippen molar-refractivity contribution in [1.29, 1.82) is 0 Å². The van der Waals surface area contributed by atoms with Crippen LogP contribution in [0.25, 0.3) is 0 Å². The molecule has 0 aromatic carbocycles. The summed E-state index contributed by atoms with van der Waals surface area (Å²) in [7, 11) is 0. The van der Waals surface area contributed by atoms with Gasteiger partial charge in [0.2, 0.25) is 0 Å². The summed E-state index contributed by atoms with van der Waals surface area (Å²) in [4.78, 5) is 20.0. The third-order valence-corrected chi connectivity index (χ3v) is 6.07. The Balaban J connectivity index is 1.68. The first kappa shape index (κ1) is 14.0. The molecule has 20 heavy (non-hydrogen) atoms. The first-order valence-corrected chi connectivity index (χ1v) is 8.41. The van der Waals surface area contributed by atoms with Crippen molar-refractivity contribution in [3.63, 3.8) is 0 Å². The summed E-state index contributed by atoms with van der Waals surface area (Å²) in [5.41, 5.74) is 1.37. The molecule has 1 amide bonds. The average Bonchev–Trinajstić information content (AvgIpc) is 3.06. The number of nitrogens with one attached hydrogen (secondary N) is 1. The summed E-state index contributed by atoms with van der Waals surface area (Å²) in [6.07, 6.45) is 4.47. The Bertz CT molecular complexity index is 495. The number of likely N-dealkylation sites (tertiary alicyclic amines) is 1. The van der Waals surface area contributed by atoms with E-state index in [2.05, 4.69) is 17.2 Å². The quantitative estimate of drug-likeness (QED) is 0.909. The van der Waals surface area contributed by atoms with Gasteiger partial charge in [0.05, 0.1) is 10.7 Å². The molecule has 0 atom stereocenters. The van der Waals surface area contributed by atoms with Gasteiger partial charge in [-0.3, -0.25) is 4.79 Å². The van der Waals surface area contributed by atoms with Gasteiger partial charge >= 0.3 is 0 Å². The van der Waals surface area contributed by atoms with Gasteiger partial charge in [0, 0.05) is 19.6 Å². The maximum atomic E-state index is 12.6. The van der Waals surface area contributed by atoms with E-state index in [0.717, 1.165) is 61.0 Å². The van der Waals surface area contributed by atoms with Gasteiger partial charge < -0.3 is 10.2 Å². The topological polar surface area (TPSA) is 45.2 Å². The highest BCUT2D eigenvalue weighted by atomic mass is 32.1. The van der Waals surface area contributed by atoms with Crippen LogP contribution >= 0.6 is 11.3 Å². The lowest BCUT2D eigenvalue weighted by atomic mass is 9.78. The fourth-order valence-electron chi connectivity index (χ4n) is 3.35. The number of thiazole rings is 1. The normalized spacial score (nSPS) is 21.6. The molecule has 110 valence electrons. The Kier molecular flexibility index (Phi) is 3.82. The molecule has 1 spiro atoms. The lowest BCUT2D eigenvalue weighted by Gasteiger charge is -2.38. The molecule has 4 nitrogen and oxygen atoms in total. The van der Waals surface area contributed by atoms with Crippen LogP contribution in [0.3, 0.4) is 0 Å². The van der Waals surface area contributed by atoms with Crippen LogP contribution in [-0.2, 0) is 6.42 Å². The lowest BCUT2D eigenvalue weighted by Crippen LogP contribution is -2.44. The van der Waals surface area contributed by atoms with E-state index in [9.17, 15) is 4.79 Å². The highest BCUT2D eigenvalue weighted by molar-refractivity contribution is 7.13. The van der Waals surface area contributed by atoms with E-state index >= 15 is 0 Å². The molecular formula is C15H23N3OS. The molecule has 0 unspecified atom stereocenters. The van der Waals surface area contributed by atoms with E-state index in [4.69, 9.17) is 0 Å². The lowest BCUT2D eigenvalue weighted by molar-refractivity contribution is 0.0611. The predicted octanol–water partition coefficient (Wildman–Crippen LogP) is 2.23. The number of aryl methyl sites for hydroxylation is 2. The van der Waals surface area contributed by atoms with Gasteiger partial charge in [-0.15, -0.1) is 11.3 Å². The molecule has 5 heteroatoms. The SMILES string of the molecule is CCc1nc(C)c(C(=O)N2CCC3(CCNC3)CC2)s1. The zero-order valence-corrected chi connectivity index (χ0v) is 13.2. The van der Waals surface area contributed by atoms with Crippen molar-refractivity contribution in [3.05, 3.63) is 15.6 Å². The van der Waals surface area contributed by atoms with Crippen LogP contribution in [0.4, 0.5) is 0 Å². The van der Waals surface area contributed by atoms with Gasteiger partial charge in [-0.2, -0.15) is 0 Å². The molecule has 0 radical (unpaired) electrons. The van der Waals surface area contributed by atoms with Crippen LogP contribution in [0, 0.1) is 12.3 Å². The molecule has 2 aliphatic heterocycles. The molecule has 1 aromatic rings. The van der Waals surface area contributed by atoms with E-state index < -0.39 is 0 Å². The number of piperidine rings is 1. The summed E-state index contributed by atoms with van der Waals surface area (Å²) >= 11 is 1.57. The minimum Gasteiger partial charge on any atom is -0.338 e. The Morgan fingerprint density at radius 1 is 1.40 bits per heavy atom. The molecule has 2 saturated heterocycles. The Labute approximate surface area is 124 Å². The molecule has 3 heterocycles. The van der Waals surface area contributed by atoms with Gasteiger partial charge in [0.1, 0.15) is 4.88 Å². The van der Waals surface area contributed by atoms with E-state index in [-0.39, 0.29) is 5.91 Å². The molecule has 0 aliphatic carbocycles. The van der Waals surface area contributed by atoms with Crippen LogP contribution < -0.4 is 5.32 Å². The van der Waals surface area contributed by atoms with Crippen LogP contribution in [-0.4, -0.2) is 42.0 Å². The number of carbonyl (C=O) groups is 1. The molecule has 0 bridgehead atoms. The number of rotatable bonds is 2. The van der Waals surface area contributed by atoms with Gasteiger partial charge in [0.25, 0.3) is 5.91 Å². The van der Waals surface area contributed by atoms with Crippen molar-refractivity contribution in [3.8, 4) is 0 Å². The third-order valence-electron chi connectivity index (χ3n) is 4.78. The van der Waals surface area contributed by atoms with Crippen molar-refractivity contribution in [2.24, 2.45) is 5.41 Å². The summed E-state index contributed by atoms with van der Waals surface area (Å²) in [5, 5.41) is 4.54. The molecular weight excluding hydrogens is 270 g/mol. The highest BCUT2D eigenvalue weighted by Gasteiger charge is 2.38. The summed E-state index contributed by atoms with van der Waals surface area (Å²) < 4.78 is 0.